The summed E-state index contributed by atoms with van der Waals surface area (Å²) in [6, 6.07) is 6.62. The summed E-state index contributed by atoms with van der Waals surface area (Å²) in [4.78, 5) is 0. The van der Waals surface area contributed by atoms with Gasteiger partial charge in [-0.3, -0.25) is 0 Å². The first-order valence-corrected chi connectivity index (χ1v) is 6.52. The van der Waals surface area contributed by atoms with Gasteiger partial charge in [0, 0.05) is 6.54 Å². The van der Waals surface area contributed by atoms with Gasteiger partial charge in [-0.15, -0.1) is 0 Å². The molecule has 0 radical (unpaired) electrons. The van der Waals surface area contributed by atoms with Crippen molar-refractivity contribution in [1.29, 1.82) is 0 Å². The van der Waals surface area contributed by atoms with Crippen molar-refractivity contribution < 1.29 is 18.3 Å². The minimum absolute atomic E-state index is 0.0842. The summed E-state index contributed by atoms with van der Waals surface area (Å²) in [6.07, 6.45) is 0. The second kappa shape index (κ2) is 6.63. The molecule has 0 aliphatic heterocycles. The third kappa shape index (κ3) is 3.55. The van der Waals surface area contributed by atoms with E-state index in [2.05, 4.69) is 5.32 Å². The van der Waals surface area contributed by atoms with Crippen molar-refractivity contribution in [3.63, 3.8) is 0 Å². The predicted octanol–water partition coefficient (Wildman–Crippen LogP) is 4.25. The molecular formula is C15H14ClF2NO2. The van der Waals surface area contributed by atoms with Crippen LogP contribution >= 0.6 is 11.6 Å². The lowest BCUT2D eigenvalue weighted by Gasteiger charge is -2.13. The van der Waals surface area contributed by atoms with Crippen molar-refractivity contribution in [3.8, 4) is 11.5 Å². The molecule has 0 saturated heterocycles. The van der Waals surface area contributed by atoms with Gasteiger partial charge in [-0.25, -0.2) is 8.78 Å². The number of halogens is 3. The van der Waals surface area contributed by atoms with Gasteiger partial charge < -0.3 is 14.8 Å². The summed E-state index contributed by atoms with van der Waals surface area (Å²) < 4.78 is 36.9. The number of methoxy groups -OCH3 is 2. The quantitative estimate of drug-likeness (QED) is 0.895. The molecule has 112 valence electrons. The number of rotatable bonds is 5. The Kier molecular flexibility index (Phi) is 4.85. The van der Waals surface area contributed by atoms with Gasteiger partial charge in [0.15, 0.2) is 11.5 Å². The fraction of sp³-hybridized carbons (Fsp3) is 0.200. The highest BCUT2D eigenvalue weighted by molar-refractivity contribution is 6.32. The van der Waals surface area contributed by atoms with E-state index in [-0.39, 0.29) is 12.2 Å². The molecular weight excluding hydrogens is 300 g/mol. The van der Waals surface area contributed by atoms with E-state index >= 15 is 0 Å². The largest absolute Gasteiger partial charge is 0.493 e. The van der Waals surface area contributed by atoms with Crippen LogP contribution in [0.5, 0.6) is 11.5 Å². The first-order valence-electron chi connectivity index (χ1n) is 6.14. The summed E-state index contributed by atoms with van der Waals surface area (Å²) in [5.74, 6) is -0.131. The predicted molar refractivity (Wildman–Crippen MR) is 78.2 cm³/mol. The zero-order chi connectivity index (χ0) is 15.4. The lowest BCUT2D eigenvalue weighted by atomic mass is 10.2. The number of nitrogens with one attached hydrogen (secondary N) is 1. The Bertz CT molecular complexity index is 650. The van der Waals surface area contributed by atoms with E-state index in [1.54, 1.807) is 12.1 Å². The van der Waals surface area contributed by atoms with Gasteiger partial charge >= 0.3 is 0 Å². The van der Waals surface area contributed by atoms with E-state index < -0.39 is 11.6 Å². The summed E-state index contributed by atoms with van der Waals surface area (Å²) in [5.41, 5.74) is 0.835. The van der Waals surface area contributed by atoms with Crippen LogP contribution in [0.4, 0.5) is 14.5 Å². The van der Waals surface area contributed by atoms with E-state index in [0.29, 0.717) is 16.5 Å². The molecule has 0 aliphatic carbocycles. The van der Waals surface area contributed by atoms with Crippen molar-refractivity contribution >= 4 is 17.3 Å². The molecule has 6 heteroatoms. The van der Waals surface area contributed by atoms with Crippen molar-refractivity contribution in [3.05, 3.63) is 52.6 Å². The standard InChI is InChI=1S/C15H14ClF2NO2/c1-20-14-6-9(5-11(16)15(14)21-2)8-19-13-7-10(17)3-4-12(13)18/h3-7,19H,8H2,1-2H3. The Morgan fingerprint density at radius 2 is 1.86 bits per heavy atom. The number of anilines is 1. The normalized spacial score (nSPS) is 10.3. The van der Waals surface area contributed by atoms with E-state index in [1.165, 1.54) is 14.2 Å². The fourth-order valence-electron chi connectivity index (χ4n) is 1.90. The number of ether oxygens (including phenoxy) is 2. The molecule has 0 aliphatic rings. The van der Waals surface area contributed by atoms with Gasteiger partial charge in [0.2, 0.25) is 0 Å². The summed E-state index contributed by atoms with van der Waals surface area (Å²) >= 11 is 6.08. The molecule has 0 fully saturated rings. The average molecular weight is 314 g/mol. The van der Waals surface area contributed by atoms with Crippen molar-refractivity contribution in [2.75, 3.05) is 19.5 Å². The molecule has 3 nitrogen and oxygen atoms in total. The van der Waals surface area contributed by atoms with Gasteiger partial charge in [-0.05, 0) is 35.9 Å². The summed E-state index contributed by atoms with van der Waals surface area (Å²) in [6.45, 7) is 0.264. The van der Waals surface area contributed by atoms with Crippen molar-refractivity contribution in [2.45, 2.75) is 6.54 Å². The molecule has 0 unspecified atom stereocenters. The molecule has 2 aromatic rings. The van der Waals surface area contributed by atoms with Crippen LogP contribution < -0.4 is 14.8 Å². The van der Waals surface area contributed by atoms with Crippen LogP contribution in [0.25, 0.3) is 0 Å². The van der Waals surface area contributed by atoms with Gasteiger partial charge in [-0.2, -0.15) is 0 Å². The number of hydrogen-bond acceptors (Lipinski definition) is 3. The maximum atomic E-state index is 13.5. The van der Waals surface area contributed by atoms with Crippen LogP contribution in [-0.4, -0.2) is 14.2 Å². The topological polar surface area (TPSA) is 30.5 Å². The molecule has 0 atom stereocenters. The molecule has 0 bridgehead atoms. The number of hydrogen-bond donors (Lipinski definition) is 1. The lowest BCUT2D eigenvalue weighted by Crippen LogP contribution is -2.03. The zero-order valence-corrected chi connectivity index (χ0v) is 12.3. The van der Waals surface area contributed by atoms with Crippen LogP contribution in [0.2, 0.25) is 5.02 Å². The van der Waals surface area contributed by atoms with E-state index in [4.69, 9.17) is 21.1 Å². The average Bonchev–Trinajstić information content (AvgIpc) is 2.47. The van der Waals surface area contributed by atoms with Crippen LogP contribution in [0.3, 0.4) is 0 Å². The minimum Gasteiger partial charge on any atom is -0.493 e. The van der Waals surface area contributed by atoms with Gasteiger partial charge in [-0.1, -0.05) is 11.6 Å². The highest BCUT2D eigenvalue weighted by Gasteiger charge is 2.11. The molecule has 21 heavy (non-hydrogen) atoms. The second-order valence-electron chi connectivity index (χ2n) is 4.29. The maximum Gasteiger partial charge on any atom is 0.179 e. The summed E-state index contributed by atoms with van der Waals surface area (Å²) in [7, 11) is 2.99. The van der Waals surface area contributed by atoms with Crippen LogP contribution in [0, 0.1) is 11.6 Å². The van der Waals surface area contributed by atoms with Gasteiger partial charge in [0.25, 0.3) is 0 Å². The Morgan fingerprint density at radius 1 is 1.10 bits per heavy atom. The lowest BCUT2D eigenvalue weighted by molar-refractivity contribution is 0.355. The third-order valence-electron chi connectivity index (χ3n) is 2.90. The molecule has 0 heterocycles. The Labute approximate surface area is 126 Å². The fourth-order valence-corrected chi connectivity index (χ4v) is 2.21. The second-order valence-corrected chi connectivity index (χ2v) is 4.70. The smallest absolute Gasteiger partial charge is 0.179 e. The van der Waals surface area contributed by atoms with Gasteiger partial charge in [0.1, 0.15) is 11.6 Å². The molecule has 0 amide bonds. The van der Waals surface area contributed by atoms with E-state index in [0.717, 1.165) is 23.8 Å². The highest BCUT2D eigenvalue weighted by atomic mass is 35.5. The molecule has 0 saturated carbocycles. The van der Waals surface area contributed by atoms with E-state index in [1.807, 2.05) is 0 Å². The Balaban J connectivity index is 2.20. The maximum absolute atomic E-state index is 13.5. The monoisotopic (exact) mass is 313 g/mol. The molecule has 0 aromatic heterocycles. The van der Waals surface area contributed by atoms with Crippen LogP contribution in [0.15, 0.2) is 30.3 Å². The third-order valence-corrected chi connectivity index (χ3v) is 3.19. The number of benzene rings is 2. The molecule has 1 N–H and O–H groups in total. The van der Waals surface area contributed by atoms with Crippen molar-refractivity contribution in [2.24, 2.45) is 0 Å². The SMILES string of the molecule is COc1cc(CNc2cc(F)ccc2F)cc(Cl)c1OC. The molecule has 2 rings (SSSR count). The first-order chi connectivity index (χ1) is 10.0. The van der Waals surface area contributed by atoms with E-state index in [9.17, 15) is 8.78 Å². The molecule has 0 spiro atoms. The Hall–Kier alpha value is -2.01. The first kappa shape index (κ1) is 15.4. The van der Waals surface area contributed by atoms with Crippen LogP contribution in [-0.2, 0) is 6.54 Å². The summed E-state index contributed by atoms with van der Waals surface area (Å²) in [5, 5.41) is 3.20. The van der Waals surface area contributed by atoms with Gasteiger partial charge in [0.05, 0.1) is 24.9 Å². The molecule has 2 aromatic carbocycles. The zero-order valence-electron chi connectivity index (χ0n) is 11.5. The van der Waals surface area contributed by atoms with Crippen molar-refractivity contribution in [1.82, 2.24) is 0 Å². The highest BCUT2D eigenvalue weighted by Crippen LogP contribution is 2.36. The minimum atomic E-state index is -0.525. The van der Waals surface area contributed by atoms with Crippen LogP contribution in [0.1, 0.15) is 5.56 Å². The Morgan fingerprint density at radius 3 is 2.52 bits per heavy atom.